The van der Waals surface area contributed by atoms with E-state index in [-0.39, 0.29) is 5.91 Å². The van der Waals surface area contributed by atoms with Crippen molar-refractivity contribution in [2.24, 2.45) is 0 Å². The van der Waals surface area contributed by atoms with Crippen molar-refractivity contribution in [3.63, 3.8) is 0 Å². The van der Waals surface area contributed by atoms with E-state index >= 15 is 0 Å². The first-order chi connectivity index (χ1) is 12.7. The number of carbonyl (C=O) groups is 1. The number of aromatic nitrogens is 2. The summed E-state index contributed by atoms with van der Waals surface area (Å²) in [4.78, 5) is 24.4. The predicted octanol–water partition coefficient (Wildman–Crippen LogP) is 2.49. The highest BCUT2D eigenvalue weighted by Crippen LogP contribution is 2.28. The number of nitriles is 1. The highest BCUT2D eigenvalue weighted by molar-refractivity contribution is 5.97. The van der Waals surface area contributed by atoms with Crippen molar-refractivity contribution in [2.45, 2.75) is 0 Å². The van der Waals surface area contributed by atoms with Crippen molar-refractivity contribution < 1.29 is 4.79 Å². The van der Waals surface area contributed by atoms with Crippen LogP contribution >= 0.6 is 0 Å². The summed E-state index contributed by atoms with van der Waals surface area (Å²) >= 11 is 0. The van der Waals surface area contributed by atoms with E-state index in [0.717, 1.165) is 48.3 Å². The molecular weight excluding hydrogens is 326 g/mol. The van der Waals surface area contributed by atoms with Crippen LogP contribution in [0, 0.1) is 11.3 Å². The minimum absolute atomic E-state index is 0.0304. The molecule has 0 radical (unpaired) electrons. The first-order valence-electron chi connectivity index (χ1n) is 8.61. The minimum Gasteiger partial charge on any atom is -0.360 e. The van der Waals surface area contributed by atoms with E-state index in [2.05, 4.69) is 28.0 Å². The second-order valence-corrected chi connectivity index (χ2v) is 6.60. The second kappa shape index (κ2) is 6.62. The Balaban J connectivity index is 1.60. The van der Waals surface area contributed by atoms with Gasteiger partial charge in [-0.25, -0.2) is 0 Å². The molecule has 3 aromatic rings. The van der Waals surface area contributed by atoms with Crippen LogP contribution in [0.3, 0.4) is 0 Å². The molecule has 1 fully saturated rings. The van der Waals surface area contributed by atoms with Gasteiger partial charge in [-0.2, -0.15) is 5.26 Å². The summed E-state index contributed by atoms with van der Waals surface area (Å²) < 4.78 is 0. The number of amides is 1. The molecule has 3 heterocycles. The number of hydrogen-bond acceptors (Lipinski definition) is 4. The lowest BCUT2D eigenvalue weighted by Crippen LogP contribution is -2.47. The van der Waals surface area contributed by atoms with Crippen LogP contribution in [0.5, 0.6) is 0 Å². The first kappa shape index (κ1) is 16.3. The average Bonchev–Trinajstić information content (AvgIpc) is 3.11. The molecule has 0 saturated carbocycles. The third-order valence-electron chi connectivity index (χ3n) is 4.89. The molecule has 6 heteroatoms. The van der Waals surface area contributed by atoms with E-state index in [1.165, 1.54) is 0 Å². The van der Waals surface area contributed by atoms with Gasteiger partial charge in [-0.05, 0) is 37.4 Å². The van der Waals surface area contributed by atoms with Crippen LogP contribution in [0.1, 0.15) is 15.9 Å². The summed E-state index contributed by atoms with van der Waals surface area (Å²) in [6, 6.07) is 11.4. The molecular formula is C20H19N5O. The molecule has 1 saturated heterocycles. The maximum atomic E-state index is 12.6. The van der Waals surface area contributed by atoms with Crippen LogP contribution in [0.4, 0.5) is 0 Å². The SMILES string of the molecule is CN1CCN(C(=O)c2ccc(-c3c[nH]c4ccc(C#N)cc34)nc2)CC1. The van der Waals surface area contributed by atoms with E-state index in [1.807, 2.05) is 35.4 Å². The fourth-order valence-corrected chi connectivity index (χ4v) is 3.27. The molecule has 1 aliphatic rings. The van der Waals surface area contributed by atoms with Crippen molar-refractivity contribution in [1.82, 2.24) is 19.8 Å². The molecule has 0 aliphatic carbocycles. The molecule has 0 bridgehead atoms. The van der Waals surface area contributed by atoms with Gasteiger partial charge in [-0.3, -0.25) is 9.78 Å². The number of likely N-dealkylation sites (N-methyl/N-ethyl adjacent to an activating group) is 1. The summed E-state index contributed by atoms with van der Waals surface area (Å²) in [5.41, 5.74) is 3.88. The van der Waals surface area contributed by atoms with Crippen molar-refractivity contribution >= 4 is 16.8 Å². The van der Waals surface area contributed by atoms with Gasteiger partial charge in [0.05, 0.1) is 22.9 Å². The lowest BCUT2D eigenvalue weighted by molar-refractivity contribution is 0.0663. The second-order valence-electron chi connectivity index (χ2n) is 6.60. The van der Waals surface area contributed by atoms with Crippen molar-refractivity contribution in [1.29, 1.82) is 5.26 Å². The lowest BCUT2D eigenvalue weighted by Gasteiger charge is -2.32. The fraction of sp³-hybridized carbons (Fsp3) is 0.250. The number of nitrogens with one attached hydrogen (secondary N) is 1. The Kier molecular flexibility index (Phi) is 4.15. The normalized spacial score (nSPS) is 15.2. The summed E-state index contributed by atoms with van der Waals surface area (Å²) in [5, 5.41) is 10.1. The molecule has 1 aromatic carbocycles. The molecule has 2 aromatic heterocycles. The number of benzene rings is 1. The Morgan fingerprint density at radius 2 is 2.00 bits per heavy atom. The van der Waals surface area contributed by atoms with E-state index in [0.29, 0.717) is 11.1 Å². The lowest BCUT2D eigenvalue weighted by atomic mass is 10.1. The van der Waals surface area contributed by atoms with Crippen LogP contribution in [-0.4, -0.2) is 58.9 Å². The van der Waals surface area contributed by atoms with Gasteiger partial charge in [0.2, 0.25) is 0 Å². The maximum absolute atomic E-state index is 12.6. The molecule has 1 N–H and O–H groups in total. The number of pyridine rings is 1. The standard InChI is InChI=1S/C20H19N5O/c1-24-6-8-25(9-7-24)20(26)15-3-5-19(22-12-15)17-13-23-18-4-2-14(11-21)10-16(17)18/h2-5,10,12-13,23H,6-9H2,1H3. The van der Waals surface area contributed by atoms with E-state index in [9.17, 15) is 4.79 Å². The van der Waals surface area contributed by atoms with Gasteiger partial charge in [0, 0.05) is 55.0 Å². The van der Waals surface area contributed by atoms with Crippen LogP contribution in [0.25, 0.3) is 22.2 Å². The molecule has 1 aliphatic heterocycles. The largest absolute Gasteiger partial charge is 0.360 e. The summed E-state index contributed by atoms with van der Waals surface area (Å²) in [7, 11) is 2.07. The number of piperazine rings is 1. The molecule has 1 amide bonds. The van der Waals surface area contributed by atoms with Crippen LogP contribution in [0.2, 0.25) is 0 Å². The highest BCUT2D eigenvalue weighted by atomic mass is 16.2. The van der Waals surface area contributed by atoms with Crippen LogP contribution in [-0.2, 0) is 0 Å². The molecule has 0 unspecified atom stereocenters. The smallest absolute Gasteiger partial charge is 0.255 e. The Bertz CT molecular complexity index is 991. The number of fused-ring (bicyclic) bond motifs is 1. The van der Waals surface area contributed by atoms with Crippen LogP contribution < -0.4 is 0 Å². The molecule has 6 nitrogen and oxygen atoms in total. The fourth-order valence-electron chi connectivity index (χ4n) is 3.27. The molecule has 4 rings (SSSR count). The predicted molar refractivity (Wildman–Crippen MR) is 99.6 cm³/mol. The number of hydrogen-bond donors (Lipinski definition) is 1. The van der Waals surface area contributed by atoms with Crippen molar-refractivity contribution in [2.75, 3.05) is 33.2 Å². The van der Waals surface area contributed by atoms with Gasteiger partial charge >= 0.3 is 0 Å². The average molecular weight is 345 g/mol. The molecule has 0 spiro atoms. The summed E-state index contributed by atoms with van der Waals surface area (Å²) in [6.45, 7) is 3.29. The third kappa shape index (κ3) is 2.93. The van der Waals surface area contributed by atoms with Gasteiger partial charge in [-0.1, -0.05) is 0 Å². The Hall–Kier alpha value is -3.17. The number of aromatic amines is 1. The number of nitrogens with zero attached hydrogens (tertiary/aromatic N) is 4. The first-order valence-corrected chi connectivity index (χ1v) is 8.61. The number of H-pyrrole nitrogens is 1. The van der Waals surface area contributed by atoms with E-state index in [1.54, 1.807) is 12.3 Å². The third-order valence-corrected chi connectivity index (χ3v) is 4.89. The minimum atomic E-state index is 0.0304. The van der Waals surface area contributed by atoms with E-state index < -0.39 is 0 Å². The molecule has 130 valence electrons. The zero-order chi connectivity index (χ0) is 18.1. The maximum Gasteiger partial charge on any atom is 0.255 e. The molecule has 26 heavy (non-hydrogen) atoms. The zero-order valence-corrected chi connectivity index (χ0v) is 14.6. The quantitative estimate of drug-likeness (QED) is 0.774. The van der Waals surface area contributed by atoms with Gasteiger partial charge < -0.3 is 14.8 Å². The van der Waals surface area contributed by atoms with Gasteiger partial charge in [0.25, 0.3) is 5.91 Å². The topological polar surface area (TPSA) is 76.0 Å². The number of rotatable bonds is 2. The van der Waals surface area contributed by atoms with Gasteiger partial charge in [-0.15, -0.1) is 0 Å². The van der Waals surface area contributed by atoms with Gasteiger partial charge in [0.1, 0.15) is 0 Å². The van der Waals surface area contributed by atoms with Crippen LogP contribution in [0.15, 0.2) is 42.7 Å². The zero-order valence-electron chi connectivity index (χ0n) is 14.6. The Morgan fingerprint density at radius 1 is 1.19 bits per heavy atom. The summed E-state index contributed by atoms with van der Waals surface area (Å²) in [5.74, 6) is 0.0304. The van der Waals surface area contributed by atoms with Gasteiger partial charge in [0.15, 0.2) is 0 Å². The molecule has 0 atom stereocenters. The number of carbonyl (C=O) groups excluding carboxylic acids is 1. The Morgan fingerprint density at radius 3 is 2.69 bits per heavy atom. The Labute approximate surface area is 151 Å². The van der Waals surface area contributed by atoms with E-state index in [4.69, 9.17) is 5.26 Å². The van der Waals surface area contributed by atoms with Crippen molar-refractivity contribution in [3.05, 3.63) is 53.9 Å². The summed E-state index contributed by atoms with van der Waals surface area (Å²) in [6.07, 6.45) is 3.53. The monoisotopic (exact) mass is 345 g/mol. The van der Waals surface area contributed by atoms with Crippen molar-refractivity contribution in [3.8, 4) is 17.3 Å². The highest BCUT2D eigenvalue weighted by Gasteiger charge is 2.20.